The Labute approximate surface area is 100 Å². The van der Waals surface area contributed by atoms with Crippen LogP contribution in [0.3, 0.4) is 0 Å². The van der Waals surface area contributed by atoms with E-state index in [1.165, 1.54) is 11.1 Å². The van der Waals surface area contributed by atoms with Gasteiger partial charge in [-0.25, -0.2) is 8.78 Å². The summed E-state index contributed by atoms with van der Waals surface area (Å²) in [5, 5.41) is 0. The molecule has 0 saturated heterocycles. The van der Waals surface area contributed by atoms with Crippen molar-refractivity contribution in [2.24, 2.45) is 0 Å². The molecule has 0 fully saturated rings. The quantitative estimate of drug-likeness (QED) is 0.670. The third-order valence-corrected chi connectivity index (χ3v) is 3.87. The van der Waals surface area contributed by atoms with E-state index < -0.39 is 5.92 Å². The van der Waals surface area contributed by atoms with Crippen molar-refractivity contribution in [1.29, 1.82) is 0 Å². The lowest BCUT2D eigenvalue weighted by Gasteiger charge is -2.39. The second kappa shape index (κ2) is 3.52. The van der Waals surface area contributed by atoms with Gasteiger partial charge in [0.1, 0.15) is 0 Å². The van der Waals surface area contributed by atoms with Gasteiger partial charge in [-0.3, -0.25) is 0 Å². The largest absolute Gasteiger partial charge is 0.301 e. The van der Waals surface area contributed by atoms with Gasteiger partial charge in [0.15, 0.2) is 0 Å². The minimum atomic E-state index is -2.53. The fourth-order valence-corrected chi connectivity index (χ4v) is 3.46. The molecule has 2 aliphatic rings. The van der Waals surface area contributed by atoms with Gasteiger partial charge in [-0.15, -0.1) is 0 Å². The van der Waals surface area contributed by atoms with Gasteiger partial charge in [0.2, 0.25) is 0 Å². The average molecular weight is 237 g/mol. The molecule has 0 spiro atoms. The van der Waals surface area contributed by atoms with Crippen molar-refractivity contribution >= 4 is 0 Å². The van der Waals surface area contributed by atoms with Crippen LogP contribution in [0.5, 0.6) is 0 Å². The number of benzene rings is 1. The van der Waals surface area contributed by atoms with Gasteiger partial charge in [-0.05, 0) is 30.7 Å². The summed E-state index contributed by atoms with van der Waals surface area (Å²) in [7, 11) is 2.01. The Kier molecular flexibility index (Phi) is 2.31. The Morgan fingerprint density at radius 2 is 2.00 bits per heavy atom. The smallest absolute Gasteiger partial charge is 0.252 e. The SMILES string of the molecule is Cc1cc2c3c(c1)CC(F)(F)CC3CN(C)C2. The number of nitrogens with zero attached hydrogens (tertiary/aromatic N) is 1. The third-order valence-electron chi connectivity index (χ3n) is 3.87. The highest BCUT2D eigenvalue weighted by atomic mass is 19.3. The number of halogens is 2. The van der Waals surface area contributed by atoms with Crippen LogP contribution in [0, 0.1) is 6.92 Å². The highest BCUT2D eigenvalue weighted by molar-refractivity contribution is 5.45. The van der Waals surface area contributed by atoms with Gasteiger partial charge in [-0.2, -0.15) is 0 Å². The zero-order valence-electron chi connectivity index (χ0n) is 10.3. The van der Waals surface area contributed by atoms with Crippen LogP contribution in [0.4, 0.5) is 8.78 Å². The molecular weight excluding hydrogens is 220 g/mol. The van der Waals surface area contributed by atoms with Crippen molar-refractivity contribution < 1.29 is 8.78 Å². The maximum atomic E-state index is 13.7. The van der Waals surface area contributed by atoms with Gasteiger partial charge in [0.05, 0.1) is 0 Å². The summed E-state index contributed by atoms with van der Waals surface area (Å²) in [4.78, 5) is 2.15. The minimum Gasteiger partial charge on any atom is -0.301 e. The van der Waals surface area contributed by atoms with E-state index in [4.69, 9.17) is 0 Å². The maximum Gasteiger partial charge on any atom is 0.252 e. The first-order valence-electron chi connectivity index (χ1n) is 6.13. The van der Waals surface area contributed by atoms with Crippen LogP contribution in [0.1, 0.15) is 34.6 Å². The molecule has 0 saturated carbocycles. The molecular formula is C14H17F2N. The lowest BCUT2D eigenvalue weighted by Crippen LogP contribution is -2.39. The highest BCUT2D eigenvalue weighted by Crippen LogP contribution is 2.44. The number of aryl methyl sites for hydroxylation is 1. The van der Waals surface area contributed by atoms with Crippen LogP contribution in [0.2, 0.25) is 0 Å². The molecule has 0 aromatic heterocycles. The molecule has 1 atom stereocenters. The van der Waals surface area contributed by atoms with Gasteiger partial charge in [0, 0.05) is 31.8 Å². The van der Waals surface area contributed by atoms with Crippen molar-refractivity contribution in [1.82, 2.24) is 4.90 Å². The van der Waals surface area contributed by atoms with Crippen molar-refractivity contribution in [2.45, 2.75) is 38.2 Å². The monoisotopic (exact) mass is 237 g/mol. The Balaban J connectivity index is 2.16. The minimum absolute atomic E-state index is 0.0143. The fourth-order valence-electron chi connectivity index (χ4n) is 3.46. The predicted octanol–water partition coefficient (Wildman–Crippen LogP) is 3.11. The van der Waals surface area contributed by atoms with Crippen LogP contribution in [-0.4, -0.2) is 24.4 Å². The topological polar surface area (TPSA) is 3.24 Å². The van der Waals surface area contributed by atoms with Crippen molar-refractivity contribution in [2.75, 3.05) is 13.6 Å². The molecule has 0 N–H and O–H groups in total. The molecule has 1 aliphatic heterocycles. The molecule has 1 heterocycles. The van der Waals surface area contributed by atoms with E-state index in [9.17, 15) is 8.78 Å². The molecule has 1 unspecified atom stereocenters. The number of alkyl halides is 2. The number of hydrogen-bond donors (Lipinski definition) is 0. The molecule has 1 aromatic rings. The normalized spacial score (nSPS) is 26.7. The first-order valence-corrected chi connectivity index (χ1v) is 6.13. The summed E-state index contributed by atoms with van der Waals surface area (Å²) < 4.78 is 27.4. The Hall–Kier alpha value is -0.960. The van der Waals surface area contributed by atoms with Crippen LogP contribution < -0.4 is 0 Å². The van der Waals surface area contributed by atoms with E-state index in [1.807, 2.05) is 20.0 Å². The third kappa shape index (κ3) is 1.86. The second-order valence-electron chi connectivity index (χ2n) is 5.63. The van der Waals surface area contributed by atoms with Crippen LogP contribution in [-0.2, 0) is 13.0 Å². The summed E-state index contributed by atoms with van der Waals surface area (Å²) in [5.74, 6) is -2.51. The molecule has 1 nitrogen and oxygen atoms in total. The molecule has 0 amide bonds. The van der Waals surface area contributed by atoms with Gasteiger partial charge in [-0.1, -0.05) is 17.7 Å². The number of likely N-dealkylation sites (N-methyl/N-ethyl adjacent to an activating group) is 1. The summed E-state index contributed by atoms with van der Waals surface area (Å²) in [6, 6.07) is 4.11. The van der Waals surface area contributed by atoms with Crippen molar-refractivity contribution in [3.05, 3.63) is 34.4 Å². The van der Waals surface area contributed by atoms with Crippen molar-refractivity contribution in [3.8, 4) is 0 Å². The molecule has 1 aliphatic carbocycles. The Morgan fingerprint density at radius 3 is 2.76 bits per heavy atom. The average Bonchev–Trinajstić information content (AvgIpc) is 2.12. The predicted molar refractivity (Wildman–Crippen MR) is 63.5 cm³/mol. The lowest BCUT2D eigenvalue weighted by atomic mass is 9.75. The molecule has 3 rings (SSSR count). The highest BCUT2D eigenvalue weighted by Gasteiger charge is 2.42. The van der Waals surface area contributed by atoms with E-state index in [-0.39, 0.29) is 18.8 Å². The maximum absolute atomic E-state index is 13.7. The summed E-state index contributed by atoms with van der Waals surface area (Å²) in [6.45, 7) is 3.65. The Morgan fingerprint density at radius 1 is 1.29 bits per heavy atom. The summed E-state index contributed by atoms with van der Waals surface area (Å²) in [6.07, 6.45) is -0.0579. The van der Waals surface area contributed by atoms with Crippen molar-refractivity contribution in [3.63, 3.8) is 0 Å². The second-order valence-corrected chi connectivity index (χ2v) is 5.63. The van der Waals surface area contributed by atoms with Crippen LogP contribution in [0.15, 0.2) is 12.1 Å². The number of rotatable bonds is 0. The molecule has 0 bridgehead atoms. The standard InChI is InChI=1S/C14H17F2N/c1-9-3-10-5-14(15,16)6-12-8-17(2)7-11(4-9)13(10)12/h3-4,12H,5-8H2,1-2H3. The van der Waals surface area contributed by atoms with E-state index in [2.05, 4.69) is 11.0 Å². The zero-order valence-corrected chi connectivity index (χ0v) is 10.3. The van der Waals surface area contributed by atoms with E-state index in [0.717, 1.165) is 24.2 Å². The van der Waals surface area contributed by atoms with E-state index >= 15 is 0 Å². The van der Waals surface area contributed by atoms with Crippen LogP contribution >= 0.6 is 0 Å². The molecule has 92 valence electrons. The van der Waals surface area contributed by atoms with Gasteiger partial charge >= 0.3 is 0 Å². The van der Waals surface area contributed by atoms with Gasteiger partial charge < -0.3 is 4.90 Å². The molecule has 1 aromatic carbocycles. The van der Waals surface area contributed by atoms with Gasteiger partial charge in [0.25, 0.3) is 5.92 Å². The first-order chi connectivity index (χ1) is 7.94. The van der Waals surface area contributed by atoms with Crippen LogP contribution in [0.25, 0.3) is 0 Å². The number of hydrogen-bond acceptors (Lipinski definition) is 1. The summed E-state index contributed by atoms with van der Waals surface area (Å²) >= 11 is 0. The van der Waals surface area contributed by atoms with E-state index in [1.54, 1.807) is 0 Å². The van der Waals surface area contributed by atoms with E-state index in [0.29, 0.717) is 0 Å². The fraction of sp³-hybridized carbons (Fsp3) is 0.571. The molecule has 3 heteroatoms. The zero-order chi connectivity index (χ0) is 12.2. The molecule has 17 heavy (non-hydrogen) atoms. The Bertz CT molecular complexity index is 468. The first kappa shape index (κ1) is 11.1. The molecule has 0 radical (unpaired) electrons. The summed E-state index contributed by atoms with van der Waals surface area (Å²) in [5.41, 5.74) is 4.47. The lowest BCUT2D eigenvalue weighted by molar-refractivity contribution is -0.0252.